The lowest BCUT2D eigenvalue weighted by molar-refractivity contribution is -0.139. The number of carbonyl (C=O) groups excluding carboxylic acids is 1. The van der Waals surface area contributed by atoms with E-state index in [4.69, 9.17) is 5.11 Å². The predicted molar refractivity (Wildman–Crippen MR) is 69.4 cm³/mol. The molecular formula is C13H24N2O3. The third kappa shape index (κ3) is 4.20. The van der Waals surface area contributed by atoms with Crippen LogP contribution in [0.3, 0.4) is 0 Å². The highest BCUT2D eigenvalue weighted by atomic mass is 16.4. The zero-order valence-electron chi connectivity index (χ0n) is 11.6. The van der Waals surface area contributed by atoms with Crippen LogP contribution >= 0.6 is 0 Å². The molecule has 1 rings (SSSR count). The topological polar surface area (TPSA) is 69.6 Å². The van der Waals surface area contributed by atoms with Gasteiger partial charge in [-0.15, -0.1) is 0 Å². The van der Waals surface area contributed by atoms with Crippen molar-refractivity contribution in [1.29, 1.82) is 0 Å². The molecule has 0 aromatic heterocycles. The molecule has 1 fully saturated rings. The smallest absolute Gasteiger partial charge is 0.326 e. The molecule has 104 valence electrons. The van der Waals surface area contributed by atoms with Gasteiger partial charge in [-0.05, 0) is 38.0 Å². The number of carbonyl (C=O) groups is 2. The van der Waals surface area contributed by atoms with Gasteiger partial charge in [0.25, 0.3) is 0 Å². The SMILES string of the molecule is CC(C)C[C@@H](NC(=O)N(C)C(C)C1CC1)C(=O)O. The molecule has 1 unspecified atom stereocenters. The fourth-order valence-corrected chi connectivity index (χ4v) is 2.02. The second-order valence-electron chi connectivity index (χ2n) is 5.66. The number of aliphatic carboxylic acids is 1. The van der Waals surface area contributed by atoms with Gasteiger partial charge in [-0.1, -0.05) is 13.8 Å². The van der Waals surface area contributed by atoms with E-state index in [0.29, 0.717) is 12.3 Å². The molecule has 0 bridgehead atoms. The zero-order valence-corrected chi connectivity index (χ0v) is 11.6. The van der Waals surface area contributed by atoms with Crippen LogP contribution in [0.15, 0.2) is 0 Å². The first-order chi connectivity index (χ1) is 8.32. The Morgan fingerprint density at radius 2 is 1.89 bits per heavy atom. The van der Waals surface area contributed by atoms with Gasteiger partial charge in [-0.2, -0.15) is 0 Å². The Labute approximate surface area is 109 Å². The standard InChI is InChI=1S/C13H24N2O3/c1-8(2)7-11(12(16)17)14-13(18)15(4)9(3)10-5-6-10/h8-11H,5-7H2,1-4H3,(H,14,18)(H,16,17)/t9?,11-/m1/s1. The molecule has 0 spiro atoms. The van der Waals surface area contributed by atoms with Crippen LogP contribution in [0, 0.1) is 11.8 Å². The summed E-state index contributed by atoms with van der Waals surface area (Å²) in [6.07, 6.45) is 2.77. The van der Waals surface area contributed by atoms with Crippen molar-refractivity contribution in [2.24, 2.45) is 11.8 Å². The second kappa shape index (κ2) is 6.07. The van der Waals surface area contributed by atoms with E-state index in [1.165, 1.54) is 0 Å². The van der Waals surface area contributed by atoms with Crippen LogP contribution in [0.25, 0.3) is 0 Å². The third-order valence-electron chi connectivity index (χ3n) is 3.54. The van der Waals surface area contributed by atoms with Gasteiger partial charge in [-0.3, -0.25) is 0 Å². The van der Waals surface area contributed by atoms with Crippen LogP contribution in [-0.2, 0) is 4.79 Å². The van der Waals surface area contributed by atoms with Crippen molar-refractivity contribution < 1.29 is 14.7 Å². The Hall–Kier alpha value is -1.26. The first kappa shape index (κ1) is 14.8. The van der Waals surface area contributed by atoms with E-state index in [2.05, 4.69) is 5.32 Å². The van der Waals surface area contributed by atoms with Gasteiger partial charge in [0.15, 0.2) is 0 Å². The lowest BCUT2D eigenvalue weighted by Gasteiger charge is -2.27. The molecule has 0 aliphatic heterocycles. The molecule has 0 aromatic rings. The Bertz CT molecular complexity index is 313. The van der Waals surface area contributed by atoms with Crippen LogP contribution in [0.2, 0.25) is 0 Å². The largest absolute Gasteiger partial charge is 0.480 e. The van der Waals surface area contributed by atoms with Crippen LogP contribution in [0.4, 0.5) is 4.79 Å². The Balaban J connectivity index is 2.51. The van der Waals surface area contributed by atoms with Crippen molar-refractivity contribution >= 4 is 12.0 Å². The number of nitrogens with one attached hydrogen (secondary N) is 1. The quantitative estimate of drug-likeness (QED) is 0.763. The maximum Gasteiger partial charge on any atom is 0.326 e. The minimum atomic E-state index is -0.968. The molecule has 5 nitrogen and oxygen atoms in total. The highest BCUT2D eigenvalue weighted by Crippen LogP contribution is 2.34. The monoisotopic (exact) mass is 256 g/mol. The summed E-state index contributed by atoms with van der Waals surface area (Å²) in [4.78, 5) is 24.7. The van der Waals surface area contributed by atoms with Gasteiger partial charge in [0, 0.05) is 13.1 Å². The minimum Gasteiger partial charge on any atom is -0.480 e. The van der Waals surface area contributed by atoms with E-state index in [0.717, 1.165) is 12.8 Å². The fourth-order valence-electron chi connectivity index (χ4n) is 2.02. The van der Waals surface area contributed by atoms with Crippen molar-refractivity contribution in [1.82, 2.24) is 10.2 Å². The maximum atomic E-state index is 12.0. The van der Waals surface area contributed by atoms with Gasteiger partial charge >= 0.3 is 12.0 Å². The van der Waals surface area contributed by atoms with Crippen LogP contribution in [0.1, 0.15) is 40.0 Å². The third-order valence-corrected chi connectivity index (χ3v) is 3.54. The number of amides is 2. The number of hydrogen-bond acceptors (Lipinski definition) is 2. The molecule has 18 heavy (non-hydrogen) atoms. The van der Waals surface area contributed by atoms with Crippen molar-refractivity contribution in [2.45, 2.75) is 52.1 Å². The first-order valence-corrected chi connectivity index (χ1v) is 6.59. The summed E-state index contributed by atoms with van der Waals surface area (Å²) in [7, 11) is 1.73. The average molecular weight is 256 g/mol. The highest BCUT2D eigenvalue weighted by Gasteiger charge is 2.33. The van der Waals surface area contributed by atoms with E-state index < -0.39 is 12.0 Å². The summed E-state index contributed by atoms with van der Waals surface area (Å²) < 4.78 is 0. The van der Waals surface area contributed by atoms with Gasteiger partial charge in [0.2, 0.25) is 0 Å². The van der Waals surface area contributed by atoms with Crippen molar-refractivity contribution in [2.75, 3.05) is 7.05 Å². The number of urea groups is 1. The van der Waals surface area contributed by atoms with Crippen molar-refractivity contribution in [3.05, 3.63) is 0 Å². The number of carboxylic acids is 1. The molecule has 0 aromatic carbocycles. The van der Waals surface area contributed by atoms with Gasteiger partial charge in [0.05, 0.1) is 0 Å². The first-order valence-electron chi connectivity index (χ1n) is 6.59. The Morgan fingerprint density at radius 3 is 2.28 bits per heavy atom. The summed E-state index contributed by atoms with van der Waals surface area (Å²) in [5.41, 5.74) is 0. The Morgan fingerprint density at radius 1 is 1.33 bits per heavy atom. The molecule has 5 heteroatoms. The number of carboxylic acid groups (broad SMARTS) is 1. The van der Waals surface area contributed by atoms with Crippen molar-refractivity contribution in [3.63, 3.8) is 0 Å². The van der Waals surface area contributed by atoms with E-state index in [9.17, 15) is 9.59 Å². The van der Waals surface area contributed by atoms with Crippen LogP contribution < -0.4 is 5.32 Å². The molecule has 0 radical (unpaired) electrons. The summed E-state index contributed by atoms with van der Waals surface area (Å²) in [6, 6.07) is -0.910. The molecular weight excluding hydrogens is 232 g/mol. The molecule has 0 saturated heterocycles. The second-order valence-corrected chi connectivity index (χ2v) is 5.66. The summed E-state index contributed by atoms with van der Waals surface area (Å²) >= 11 is 0. The van der Waals surface area contributed by atoms with E-state index in [-0.39, 0.29) is 18.0 Å². The normalized spacial score (nSPS) is 18.3. The molecule has 2 atom stereocenters. The van der Waals surface area contributed by atoms with Gasteiger partial charge in [-0.25, -0.2) is 9.59 Å². The van der Waals surface area contributed by atoms with E-state index in [1.807, 2.05) is 20.8 Å². The van der Waals surface area contributed by atoms with Crippen molar-refractivity contribution in [3.8, 4) is 0 Å². The highest BCUT2D eigenvalue weighted by molar-refractivity contribution is 5.82. The van der Waals surface area contributed by atoms with Gasteiger partial charge < -0.3 is 15.3 Å². The van der Waals surface area contributed by atoms with Crippen LogP contribution in [0.5, 0.6) is 0 Å². The zero-order chi connectivity index (χ0) is 13.9. The lowest BCUT2D eigenvalue weighted by Crippen LogP contribution is -2.50. The predicted octanol–water partition coefficient (Wildman–Crippen LogP) is 1.93. The molecule has 2 amide bonds. The minimum absolute atomic E-state index is 0.179. The Kier molecular flexibility index (Phi) is 4.99. The number of nitrogens with zero attached hydrogens (tertiary/aromatic N) is 1. The summed E-state index contributed by atoms with van der Waals surface area (Å²) in [5, 5.41) is 11.7. The summed E-state index contributed by atoms with van der Waals surface area (Å²) in [6.45, 7) is 5.90. The molecule has 1 aliphatic rings. The fraction of sp³-hybridized carbons (Fsp3) is 0.846. The lowest BCUT2D eigenvalue weighted by atomic mass is 10.0. The molecule has 0 heterocycles. The van der Waals surface area contributed by atoms with Gasteiger partial charge in [0.1, 0.15) is 6.04 Å². The van der Waals surface area contributed by atoms with E-state index in [1.54, 1.807) is 11.9 Å². The number of rotatable bonds is 6. The maximum absolute atomic E-state index is 12.0. The van der Waals surface area contributed by atoms with Crippen LogP contribution in [-0.4, -0.2) is 41.1 Å². The summed E-state index contributed by atoms with van der Waals surface area (Å²) in [5.74, 6) is -0.156. The molecule has 1 saturated carbocycles. The molecule has 1 aliphatic carbocycles. The average Bonchev–Trinajstić information content (AvgIpc) is 3.08. The van der Waals surface area contributed by atoms with E-state index >= 15 is 0 Å². The molecule has 2 N–H and O–H groups in total. The number of hydrogen-bond donors (Lipinski definition) is 2.